The van der Waals surface area contributed by atoms with Crippen molar-refractivity contribution in [2.24, 2.45) is 17.8 Å². The smallest absolute Gasteiger partial charge is 0.328 e. The molecule has 1 fully saturated rings. The van der Waals surface area contributed by atoms with Gasteiger partial charge in [0, 0.05) is 19.2 Å². The number of pyridine rings is 1. The van der Waals surface area contributed by atoms with Gasteiger partial charge in [-0.05, 0) is 62.3 Å². The number of amides is 1. The summed E-state index contributed by atoms with van der Waals surface area (Å²) in [7, 11) is 1.43. The molecule has 0 aliphatic carbocycles. The van der Waals surface area contributed by atoms with Gasteiger partial charge < -0.3 is 24.3 Å². The first kappa shape index (κ1) is 31.9. The van der Waals surface area contributed by atoms with Crippen molar-refractivity contribution in [3.8, 4) is 11.5 Å². The zero-order valence-corrected chi connectivity index (χ0v) is 24.9. The monoisotopic (exact) mass is 568 g/mol. The van der Waals surface area contributed by atoms with E-state index < -0.39 is 30.7 Å². The second kappa shape index (κ2) is 16.0. The summed E-state index contributed by atoms with van der Waals surface area (Å²) in [6, 6.07) is 11.1. The molecule has 0 saturated carbocycles. The first-order chi connectivity index (χ1) is 19.7. The summed E-state index contributed by atoms with van der Waals surface area (Å²) in [4.78, 5) is 42.1. The number of aryl methyl sites for hydroxylation is 1. The van der Waals surface area contributed by atoms with Crippen LogP contribution < -0.4 is 14.8 Å². The van der Waals surface area contributed by atoms with Crippen molar-refractivity contribution in [2.75, 3.05) is 13.9 Å². The molecule has 4 unspecified atom stereocenters. The molecule has 1 aliphatic rings. The van der Waals surface area contributed by atoms with Crippen LogP contribution in [0.25, 0.3) is 0 Å². The van der Waals surface area contributed by atoms with Crippen molar-refractivity contribution in [1.29, 1.82) is 0 Å². The molecule has 224 valence electrons. The molecule has 0 bridgehead atoms. The molecule has 0 radical (unpaired) electrons. The standard InChI is InChI=1S/C32H44N2O7/c1-21(2)14-16-25-12-9-13-27(32(37)41-22(3)26(25)17-15-24-10-7-6-8-11-24)34-31(36)29-30(40-20-39-23(4)35)28(38-5)18-19-33-29/h6-8,10-11,18-19,21-22,25-27H,9,12-17,20H2,1-5H3,(H,34,36). The molecule has 3 rings (SSSR count). The minimum absolute atomic E-state index is 0.0216. The molecule has 1 N–H and O–H groups in total. The summed E-state index contributed by atoms with van der Waals surface area (Å²) in [5, 5.41) is 2.81. The largest absolute Gasteiger partial charge is 0.493 e. The lowest BCUT2D eigenvalue weighted by Gasteiger charge is -2.32. The van der Waals surface area contributed by atoms with Crippen LogP contribution in [0.4, 0.5) is 0 Å². The number of esters is 2. The number of methoxy groups -OCH3 is 1. The van der Waals surface area contributed by atoms with Gasteiger partial charge in [-0.1, -0.05) is 57.0 Å². The highest BCUT2D eigenvalue weighted by molar-refractivity contribution is 5.98. The molecule has 4 atom stereocenters. The number of cyclic esters (lactones) is 1. The molecule has 2 aromatic rings. The highest BCUT2D eigenvalue weighted by Gasteiger charge is 2.34. The van der Waals surface area contributed by atoms with Gasteiger partial charge >= 0.3 is 11.9 Å². The lowest BCUT2D eigenvalue weighted by Crippen LogP contribution is -2.43. The van der Waals surface area contributed by atoms with Gasteiger partial charge in [-0.3, -0.25) is 9.59 Å². The van der Waals surface area contributed by atoms with Crippen LogP contribution in [0.15, 0.2) is 42.6 Å². The number of aromatic nitrogens is 1. The van der Waals surface area contributed by atoms with Gasteiger partial charge in [0.05, 0.1) is 7.11 Å². The van der Waals surface area contributed by atoms with E-state index in [1.807, 2.05) is 13.0 Å². The highest BCUT2D eigenvalue weighted by atomic mass is 16.7. The molecular weight excluding hydrogens is 524 g/mol. The average Bonchev–Trinajstić information content (AvgIpc) is 2.99. The van der Waals surface area contributed by atoms with E-state index in [1.165, 1.54) is 31.9 Å². The number of nitrogens with one attached hydrogen (secondary N) is 1. The van der Waals surface area contributed by atoms with E-state index in [0.717, 1.165) is 38.5 Å². The molecule has 9 heteroatoms. The second-order valence-corrected chi connectivity index (χ2v) is 11.1. The Morgan fingerprint density at radius 3 is 2.56 bits per heavy atom. The fourth-order valence-corrected chi connectivity index (χ4v) is 5.43. The Morgan fingerprint density at radius 2 is 1.88 bits per heavy atom. The molecule has 1 aliphatic heterocycles. The van der Waals surface area contributed by atoms with Crippen LogP contribution in [-0.4, -0.2) is 48.9 Å². The minimum Gasteiger partial charge on any atom is -0.493 e. The SMILES string of the molecule is COc1ccnc(C(=O)NC2CCCC(CCC(C)C)C(CCc3ccccc3)C(C)OC2=O)c1OCOC(C)=O. The van der Waals surface area contributed by atoms with Gasteiger partial charge in [0.25, 0.3) is 5.91 Å². The number of benzene rings is 1. The molecule has 2 heterocycles. The third kappa shape index (κ3) is 9.76. The van der Waals surface area contributed by atoms with Crippen LogP contribution in [0, 0.1) is 17.8 Å². The van der Waals surface area contributed by atoms with Gasteiger partial charge in [-0.2, -0.15) is 0 Å². The van der Waals surface area contributed by atoms with E-state index in [0.29, 0.717) is 18.3 Å². The molecule has 0 spiro atoms. The van der Waals surface area contributed by atoms with Crippen LogP contribution in [0.1, 0.15) is 82.3 Å². The number of carbonyl (C=O) groups is 3. The summed E-state index contributed by atoms with van der Waals surface area (Å²) >= 11 is 0. The van der Waals surface area contributed by atoms with Crippen molar-refractivity contribution >= 4 is 17.8 Å². The maximum Gasteiger partial charge on any atom is 0.328 e. The predicted molar refractivity (Wildman–Crippen MR) is 155 cm³/mol. The topological polar surface area (TPSA) is 113 Å². The number of rotatable bonds is 12. The van der Waals surface area contributed by atoms with Crippen molar-refractivity contribution in [1.82, 2.24) is 10.3 Å². The Balaban J connectivity index is 1.76. The Hall–Kier alpha value is -3.62. The van der Waals surface area contributed by atoms with E-state index in [9.17, 15) is 14.4 Å². The highest BCUT2D eigenvalue weighted by Crippen LogP contribution is 2.35. The summed E-state index contributed by atoms with van der Waals surface area (Å²) in [5.41, 5.74) is 1.20. The second-order valence-electron chi connectivity index (χ2n) is 11.1. The number of hydrogen-bond acceptors (Lipinski definition) is 8. The van der Waals surface area contributed by atoms with Crippen LogP contribution in [0.5, 0.6) is 11.5 Å². The fourth-order valence-electron chi connectivity index (χ4n) is 5.43. The Kier molecular flexibility index (Phi) is 12.4. The predicted octanol–water partition coefficient (Wildman–Crippen LogP) is 5.51. The summed E-state index contributed by atoms with van der Waals surface area (Å²) in [6.45, 7) is 7.29. The van der Waals surface area contributed by atoms with Crippen molar-refractivity contribution < 1.29 is 33.3 Å². The molecule has 1 aromatic carbocycles. The summed E-state index contributed by atoms with van der Waals surface area (Å²) < 4.78 is 21.7. The van der Waals surface area contributed by atoms with Crippen LogP contribution in [0.3, 0.4) is 0 Å². The van der Waals surface area contributed by atoms with Crippen molar-refractivity contribution in [3.63, 3.8) is 0 Å². The van der Waals surface area contributed by atoms with Gasteiger partial charge in [0.1, 0.15) is 12.1 Å². The lowest BCUT2D eigenvalue weighted by molar-refractivity contribution is -0.154. The number of carbonyl (C=O) groups excluding carboxylic acids is 3. The molecule has 1 amide bonds. The van der Waals surface area contributed by atoms with Gasteiger partial charge in [-0.15, -0.1) is 0 Å². The van der Waals surface area contributed by atoms with Gasteiger partial charge in [-0.25, -0.2) is 9.78 Å². The van der Waals surface area contributed by atoms with Gasteiger partial charge in [0.2, 0.25) is 6.79 Å². The molecule has 1 saturated heterocycles. The Bertz CT molecular complexity index is 1140. The van der Waals surface area contributed by atoms with E-state index >= 15 is 0 Å². The van der Waals surface area contributed by atoms with Crippen LogP contribution in [-0.2, 0) is 25.5 Å². The zero-order valence-electron chi connectivity index (χ0n) is 24.9. The van der Waals surface area contributed by atoms with Gasteiger partial charge in [0.15, 0.2) is 17.2 Å². The normalized spacial score (nSPS) is 21.2. The number of nitrogens with zero attached hydrogens (tertiary/aromatic N) is 1. The average molecular weight is 569 g/mol. The minimum atomic E-state index is -0.835. The Labute approximate surface area is 243 Å². The first-order valence-electron chi connectivity index (χ1n) is 14.5. The van der Waals surface area contributed by atoms with E-state index in [2.05, 4.69) is 48.4 Å². The lowest BCUT2D eigenvalue weighted by atomic mass is 9.77. The molecule has 9 nitrogen and oxygen atoms in total. The molecule has 41 heavy (non-hydrogen) atoms. The number of hydrogen-bond donors (Lipinski definition) is 1. The molecule has 1 aromatic heterocycles. The van der Waals surface area contributed by atoms with Crippen molar-refractivity contribution in [3.05, 3.63) is 53.9 Å². The maximum absolute atomic E-state index is 13.4. The summed E-state index contributed by atoms with van der Waals surface area (Å²) in [5.74, 6) is -0.0956. The van der Waals surface area contributed by atoms with E-state index in [-0.39, 0.29) is 29.2 Å². The van der Waals surface area contributed by atoms with E-state index in [4.69, 9.17) is 18.9 Å². The fraction of sp³-hybridized carbons (Fsp3) is 0.562. The van der Waals surface area contributed by atoms with Crippen LogP contribution >= 0.6 is 0 Å². The summed E-state index contributed by atoms with van der Waals surface area (Å²) in [6.07, 6.45) is 7.34. The van der Waals surface area contributed by atoms with Crippen LogP contribution in [0.2, 0.25) is 0 Å². The number of ether oxygens (including phenoxy) is 4. The zero-order chi connectivity index (χ0) is 29.8. The van der Waals surface area contributed by atoms with E-state index in [1.54, 1.807) is 0 Å². The Morgan fingerprint density at radius 1 is 1.12 bits per heavy atom. The first-order valence-corrected chi connectivity index (χ1v) is 14.5. The third-order valence-corrected chi connectivity index (χ3v) is 7.66. The van der Waals surface area contributed by atoms with Crippen molar-refractivity contribution in [2.45, 2.75) is 84.8 Å². The maximum atomic E-state index is 13.4. The third-order valence-electron chi connectivity index (χ3n) is 7.66. The molecular formula is C32H44N2O7. The quantitative estimate of drug-likeness (QED) is 0.264.